The molecule has 1 amide bonds. The van der Waals surface area contributed by atoms with E-state index >= 15 is 0 Å². The third kappa shape index (κ3) is 3.81. The Morgan fingerprint density at radius 3 is 2.57 bits per heavy atom. The van der Waals surface area contributed by atoms with E-state index < -0.39 is 11.6 Å². The van der Waals surface area contributed by atoms with Gasteiger partial charge in [0.15, 0.2) is 10.9 Å². The SMILES string of the molecule is O=C(c1cccc(Br)c1)N(Cc1ccccc1)c1nc2c(F)cc(F)cc2s1. The second kappa shape index (κ2) is 7.77. The average molecular weight is 459 g/mol. The molecule has 3 aromatic carbocycles. The van der Waals surface area contributed by atoms with Gasteiger partial charge in [0.25, 0.3) is 5.91 Å². The summed E-state index contributed by atoms with van der Waals surface area (Å²) in [7, 11) is 0. The number of benzene rings is 3. The lowest BCUT2D eigenvalue weighted by Crippen LogP contribution is -2.30. The Hall–Kier alpha value is -2.64. The lowest BCUT2D eigenvalue weighted by molar-refractivity contribution is 0.0985. The van der Waals surface area contributed by atoms with E-state index in [1.807, 2.05) is 36.4 Å². The zero-order valence-electron chi connectivity index (χ0n) is 14.4. The van der Waals surface area contributed by atoms with Crippen LogP contribution in [0.3, 0.4) is 0 Å². The molecule has 0 fully saturated rings. The molecule has 0 saturated carbocycles. The molecule has 0 aliphatic rings. The Morgan fingerprint density at radius 1 is 1.04 bits per heavy atom. The number of fused-ring (bicyclic) bond motifs is 1. The molecule has 1 heterocycles. The topological polar surface area (TPSA) is 33.2 Å². The molecule has 0 saturated heterocycles. The summed E-state index contributed by atoms with van der Waals surface area (Å²) in [5.74, 6) is -1.69. The summed E-state index contributed by atoms with van der Waals surface area (Å²) in [6.07, 6.45) is 0. The third-order valence-electron chi connectivity index (χ3n) is 4.13. The Morgan fingerprint density at radius 2 is 1.82 bits per heavy atom. The molecule has 0 aliphatic heterocycles. The van der Waals surface area contributed by atoms with Gasteiger partial charge in [-0.3, -0.25) is 9.69 Å². The van der Waals surface area contributed by atoms with Crippen molar-refractivity contribution in [2.75, 3.05) is 4.90 Å². The summed E-state index contributed by atoms with van der Waals surface area (Å²) in [6.45, 7) is 0.260. The highest BCUT2D eigenvalue weighted by atomic mass is 79.9. The van der Waals surface area contributed by atoms with Crippen LogP contribution in [0.4, 0.5) is 13.9 Å². The molecule has 0 radical (unpaired) electrons. The van der Waals surface area contributed by atoms with Gasteiger partial charge in [0.05, 0.1) is 11.2 Å². The van der Waals surface area contributed by atoms with Crippen molar-refractivity contribution < 1.29 is 13.6 Å². The van der Waals surface area contributed by atoms with Crippen LogP contribution < -0.4 is 4.90 Å². The van der Waals surface area contributed by atoms with Gasteiger partial charge in [0, 0.05) is 16.1 Å². The molecule has 4 aromatic rings. The fourth-order valence-corrected chi connectivity index (χ4v) is 4.23. The fraction of sp³-hybridized carbons (Fsp3) is 0.0476. The van der Waals surface area contributed by atoms with Gasteiger partial charge in [-0.1, -0.05) is 63.7 Å². The van der Waals surface area contributed by atoms with Crippen molar-refractivity contribution in [3.8, 4) is 0 Å². The Kier molecular flexibility index (Phi) is 5.19. The number of anilines is 1. The quantitative estimate of drug-likeness (QED) is 0.365. The summed E-state index contributed by atoms with van der Waals surface area (Å²) in [5, 5.41) is 0.313. The summed E-state index contributed by atoms with van der Waals surface area (Å²) in [4.78, 5) is 19.0. The van der Waals surface area contributed by atoms with Crippen LogP contribution in [0.25, 0.3) is 10.2 Å². The van der Waals surface area contributed by atoms with Crippen LogP contribution in [0.2, 0.25) is 0 Å². The van der Waals surface area contributed by atoms with E-state index in [0.717, 1.165) is 27.4 Å². The maximum absolute atomic E-state index is 14.1. The molecular formula is C21H13BrF2N2OS. The van der Waals surface area contributed by atoms with E-state index in [1.165, 1.54) is 11.0 Å². The van der Waals surface area contributed by atoms with Crippen LogP contribution in [0.15, 0.2) is 71.2 Å². The zero-order chi connectivity index (χ0) is 19.7. The molecule has 0 spiro atoms. The minimum Gasteiger partial charge on any atom is -0.279 e. The van der Waals surface area contributed by atoms with Gasteiger partial charge in [-0.05, 0) is 29.8 Å². The molecule has 0 N–H and O–H groups in total. The van der Waals surface area contributed by atoms with E-state index in [9.17, 15) is 13.6 Å². The molecule has 4 rings (SSSR count). The molecule has 7 heteroatoms. The standard InChI is InChI=1S/C21H13BrF2N2OS/c22-15-8-4-7-14(9-15)20(27)26(12-13-5-2-1-3-6-13)21-25-19-17(24)10-16(23)11-18(19)28-21/h1-11H,12H2. The number of halogens is 3. The second-order valence-corrected chi connectivity index (χ2v) is 8.04. The first kappa shape index (κ1) is 18.7. The molecule has 0 atom stereocenters. The van der Waals surface area contributed by atoms with E-state index in [2.05, 4.69) is 20.9 Å². The first-order valence-corrected chi connectivity index (χ1v) is 9.99. The average Bonchev–Trinajstić information content (AvgIpc) is 3.10. The van der Waals surface area contributed by atoms with Gasteiger partial charge < -0.3 is 0 Å². The number of rotatable bonds is 4. The number of carbonyl (C=O) groups excluding carboxylic acids is 1. The molecule has 140 valence electrons. The van der Waals surface area contributed by atoms with Gasteiger partial charge in [0.1, 0.15) is 11.3 Å². The van der Waals surface area contributed by atoms with Gasteiger partial charge in [-0.15, -0.1) is 0 Å². The lowest BCUT2D eigenvalue weighted by atomic mass is 10.1. The molecule has 28 heavy (non-hydrogen) atoms. The minimum absolute atomic E-state index is 0.0569. The van der Waals surface area contributed by atoms with E-state index in [1.54, 1.807) is 18.2 Å². The number of aromatic nitrogens is 1. The normalized spacial score (nSPS) is 11.0. The molecular weight excluding hydrogens is 446 g/mol. The number of nitrogens with zero attached hydrogens (tertiary/aromatic N) is 2. The number of hydrogen-bond acceptors (Lipinski definition) is 3. The van der Waals surface area contributed by atoms with Crippen LogP contribution in [-0.4, -0.2) is 10.9 Å². The highest BCUT2D eigenvalue weighted by molar-refractivity contribution is 9.10. The fourth-order valence-electron chi connectivity index (χ4n) is 2.83. The van der Waals surface area contributed by atoms with Crippen LogP contribution in [0.5, 0.6) is 0 Å². The molecule has 0 unspecified atom stereocenters. The maximum atomic E-state index is 14.1. The smallest absolute Gasteiger partial charge is 0.260 e. The van der Waals surface area contributed by atoms with E-state index in [0.29, 0.717) is 15.4 Å². The van der Waals surface area contributed by atoms with E-state index in [-0.39, 0.29) is 18.0 Å². The first-order valence-electron chi connectivity index (χ1n) is 8.38. The minimum atomic E-state index is -0.743. The van der Waals surface area contributed by atoms with Crippen molar-refractivity contribution in [3.05, 3.63) is 94.0 Å². The predicted molar refractivity (Wildman–Crippen MR) is 111 cm³/mol. The summed E-state index contributed by atoms with van der Waals surface area (Å²) < 4.78 is 28.8. The maximum Gasteiger partial charge on any atom is 0.260 e. The first-order chi connectivity index (χ1) is 13.5. The third-order valence-corrected chi connectivity index (χ3v) is 5.65. The van der Waals surface area contributed by atoms with Crippen molar-refractivity contribution in [1.82, 2.24) is 4.98 Å². The highest BCUT2D eigenvalue weighted by Gasteiger charge is 2.23. The van der Waals surface area contributed by atoms with Crippen molar-refractivity contribution in [3.63, 3.8) is 0 Å². The summed E-state index contributed by atoms with van der Waals surface area (Å²) in [5.41, 5.74) is 1.43. The number of amides is 1. The van der Waals surface area contributed by atoms with Crippen molar-refractivity contribution in [1.29, 1.82) is 0 Å². The Balaban J connectivity index is 1.80. The Bertz CT molecular complexity index is 1160. The summed E-state index contributed by atoms with van der Waals surface area (Å²) in [6, 6.07) is 18.5. The number of thiazole rings is 1. The van der Waals surface area contributed by atoms with Gasteiger partial charge in [-0.25, -0.2) is 13.8 Å². The predicted octanol–water partition coefficient (Wildman–Crippen LogP) is 6.18. The molecule has 0 bridgehead atoms. The highest BCUT2D eigenvalue weighted by Crippen LogP contribution is 2.33. The Labute approximate surface area is 172 Å². The molecule has 1 aromatic heterocycles. The van der Waals surface area contributed by atoms with Gasteiger partial charge in [-0.2, -0.15) is 0 Å². The largest absolute Gasteiger partial charge is 0.279 e. The molecule has 0 aliphatic carbocycles. The number of carbonyl (C=O) groups is 1. The second-order valence-electron chi connectivity index (χ2n) is 6.12. The van der Waals surface area contributed by atoms with Crippen LogP contribution in [0.1, 0.15) is 15.9 Å². The van der Waals surface area contributed by atoms with Crippen LogP contribution in [-0.2, 0) is 6.54 Å². The number of hydrogen-bond donors (Lipinski definition) is 0. The monoisotopic (exact) mass is 458 g/mol. The van der Waals surface area contributed by atoms with Crippen molar-refractivity contribution in [2.24, 2.45) is 0 Å². The van der Waals surface area contributed by atoms with Crippen molar-refractivity contribution in [2.45, 2.75) is 6.54 Å². The van der Waals surface area contributed by atoms with Gasteiger partial charge in [0.2, 0.25) is 0 Å². The molecule has 3 nitrogen and oxygen atoms in total. The van der Waals surface area contributed by atoms with Crippen LogP contribution in [0, 0.1) is 11.6 Å². The van der Waals surface area contributed by atoms with Gasteiger partial charge >= 0.3 is 0 Å². The van der Waals surface area contributed by atoms with Crippen molar-refractivity contribution >= 4 is 48.5 Å². The summed E-state index contributed by atoms with van der Waals surface area (Å²) >= 11 is 4.46. The zero-order valence-corrected chi connectivity index (χ0v) is 16.8. The van der Waals surface area contributed by atoms with E-state index in [4.69, 9.17) is 0 Å². The lowest BCUT2D eigenvalue weighted by Gasteiger charge is -2.20. The van der Waals surface area contributed by atoms with Crippen LogP contribution >= 0.6 is 27.3 Å².